The van der Waals surface area contributed by atoms with E-state index >= 15 is 0 Å². The molecule has 0 unspecified atom stereocenters. The van der Waals surface area contributed by atoms with Crippen LogP contribution in [0.2, 0.25) is 0 Å². The first-order valence-electron chi connectivity index (χ1n) is 9.50. The summed E-state index contributed by atoms with van der Waals surface area (Å²) in [4.78, 5) is 24.6. The number of hydrogen-bond acceptors (Lipinski definition) is 6. The molecule has 0 atom stereocenters. The number of nitrogens with one attached hydrogen (secondary N) is 2. The number of carbonyl (C=O) groups is 2. The number of carbonyl (C=O) groups excluding carboxylic acids is 2. The van der Waals surface area contributed by atoms with E-state index in [0.29, 0.717) is 5.69 Å². The summed E-state index contributed by atoms with van der Waals surface area (Å²) in [6.45, 7) is 0. The van der Waals surface area contributed by atoms with Crippen LogP contribution in [0, 0.1) is 11.3 Å². The molecule has 3 aromatic carbocycles. The molecule has 32 heavy (non-hydrogen) atoms. The van der Waals surface area contributed by atoms with Crippen LogP contribution < -0.4 is 10.7 Å². The number of phenols is 1. The Morgan fingerprint density at radius 1 is 1.00 bits per heavy atom. The first-order chi connectivity index (χ1) is 15.6. The van der Waals surface area contributed by atoms with Crippen LogP contribution in [0.4, 0.5) is 5.69 Å². The van der Waals surface area contributed by atoms with Crippen LogP contribution in [-0.2, 0) is 0 Å². The maximum absolute atomic E-state index is 12.3. The lowest BCUT2D eigenvalue weighted by Gasteiger charge is -2.10. The molecule has 0 saturated heterocycles. The molecule has 1 aromatic heterocycles. The molecule has 0 aliphatic carbocycles. The van der Waals surface area contributed by atoms with Crippen LogP contribution in [0.1, 0.15) is 32.0 Å². The molecule has 0 radical (unpaired) electrons. The Labute approximate surface area is 182 Å². The van der Waals surface area contributed by atoms with Crippen LogP contribution in [-0.4, -0.2) is 23.1 Å². The zero-order valence-electron chi connectivity index (χ0n) is 16.6. The molecule has 8 heteroatoms. The van der Waals surface area contributed by atoms with Crippen molar-refractivity contribution in [2.45, 2.75) is 0 Å². The van der Waals surface area contributed by atoms with E-state index in [-0.39, 0.29) is 28.5 Å². The molecule has 3 N–H and O–H groups in total. The number of anilines is 1. The first kappa shape index (κ1) is 20.4. The third-order valence-corrected chi connectivity index (χ3v) is 4.70. The highest BCUT2D eigenvalue weighted by molar-refractivity contribution is 6.11. The number of phenolic OH excluding ortho intramolecular Hbond substituents is 1. The summed E-state index contributed by atoms with van der Waals surface area (Å²) >= 11 is 0. The van der Waals surface area contributed by atoms with Gasteiger partial charge in [0.1, 0.15) is 11.8 Å². The maximum Gasteiger partial charge on any atom is 0.291 e. The molecule has 1 heterocycles. The number of hydrogen-bond donors (Lipinski definition) is 3. The smallest absolute Gasteiger partial charge is 0.291 e. The lowest BCUT2D eigenvalue weighted by Crippen LogP contribution is -2.17. The maximum atomic E-state index is 12.3. The fourth-order valence-electron chi connectivity index (χ4n) is 3.13. The van der Waals surface area contributed by atoms with Gasteiger partial charge in [0.05, 0.1) is 18.0 Å². The molecule has 0 bridgehead atoms. The average Bonchev–Trinajstić information content (AvgIpc) is 3.36. The molecule has 0 saturated carbocycles. The number of amides is 2. The third kappa shape index (κ3) is 4.17. The summed E-state index contributed by atoms with van der Waals surface area (Å²) in [5.74, 6) is -0.877. The number of furan rings is 1. The van der Waals surface area contributed by atoms with Crippen LogP contribution in [0.3, 0.4) is 0 Å². The monoisotopic (exact) mass is 424 g/mol. The van der Waals surface area contributed by atoms with E-state index in [1.54, 1.807) is 24.3 Å². The highest BCUT2D eigenvalue weighted by Gasteiger charge is 2.12. The summed E-state index contributed by atoms with van der Waals surface area (Å²) in [5, 5.41) is 27.0. The molecular formula is C24H16N4O4. The summed E-state index contributed by atoms with van der Waals surface area (Å²) in [6, 6.07) is 19.9. The van der Waals surface area contributed by atoms with Crippen molar-refractivity contribution < 1.29 is 19.1 Å². The van der Waals surface area contributed by atoms with E-state index < -0.39 is 5.91 Å². The minimum absolute atomic E-state index is 0.000178. The van der Waals surface area contributed by atoms with Crippen molar-refractivity contribution in [2.24, 2.45) is 5.10 Å². The zero-order valence-corrected chi connectivity index (χ0v) is 16.6. The predicted octanol–water partition coefficient (Wildman–Crippen LogP) is 4.03. The number of aromatic hydroxyl groups is 1. The van der Waals surface area contributed by atoms with E-state index in [9.17, 15) is 14.7 Å². The highest BCUT2D eigenvalue weighted by Crippen LogP contribution is 2.26. The summed E-state index contributed by atoms with van der Waals surface area (Å²) < 4.78 is 5.13. The zero-order chi connectivity index (χ0) is 22.5. The second-order valence-electron chi connectivity index (χ2n) is 6.72. The quantitative estimate of drug-likeness (QED) is 0.329. The molecule has 4 rings (SSSR count). The minimum Gasteiger partial charge on any atom is -0.507 e. The summed E-state index contributed by atoms with van der Waals surface area (Å²) in [5.41, 5.74) is 3.93. The molecule has 156 valence electrons. The van der Waals surface area contributed by atoms with Gasteiger partial charge >= 0.3 is 0 Å². The van der Waals surface area contributed by atoms with Gasteiger partial charge in [-0.25, -0.2) is 5.43 Å². The molecule has 4 aromatic rings. The average molecular weight is 424 g/mol. The third-order valence-electron chi connectivity index (χ3n) is 4.70. The van der Waals surface area contributed by atoms with Gasteiger partial charge in [-0.1, -0.05) is 30.3 Å². The number of hydrazone groups is 1. The molecule has 0 aliphatic rings. The van der Waals surface area contributed by atoms with E-state index in [1.807, 2.05) is 30.3 Å². The SMILES string of the molecule is N#Cc1cc(C(=O)NN=Cc2ccc(NC(=O)c3ccco3)c3ccccc23)ccc1O. The van der Waals surface area contributed by atoms with Crippen LogP contribution in [0.25, 0.3) is 10.8 Å². The van der Waals surface area contributed by atoms with Gasteiger partial charge in [0.15, 0.2) is 5.76 Å². The number of benzene rings is 3. The van der Waals surface area contributed by atoms with Gasteiger partial charge in [-0.15, -0.1) is 0 Å². The van der Waals surface area contributed by atoms with Crippen LogP contribution in [0.5, 0.6) is 5.75 Å². The van der Waals surface area contributed by atoms with Crippen LogP contribution in [0.15, 0.2) is 82.5 Å². The van der Waals surface area contributed by atoms with E-state index in [1.165, 1.54) is 30.7 Å². The normalized spacial score (nSPS) is 10.7. The summed E-state index contributed by atoms with van der Waals surface area (Å²) in [7, 11) is 0. The standard InChI is InChI=1S/C24H16N4O4/c25-13-17-12-15(8-10-21(17)29)23(30)28-26-14-16-7-9-20(19-5-2-1-4-18(16)19)27-24(31)22-6-3-11-32-22/h1-12,14,29H,(H,27,31)(H,28,30). The topological polar surface area (TPSA) is 128 Å². The Morgan fingerprint density at radius 2 is 1.81 bits per heavy atom. The molecular weight excluding hydrogens is 408 g/mol. The van der Waals surface area contributed by atoms with Crippen molar-refractivity contribution in [1.82, 2.24) is 5.43 Å². The first-order valence-corrected chi connectivity index (χ1v) is 9.50. The van der Waals surface area contributed by atoms with Gasteiger partial charge < -0.3 is 14.8 Å². The van der Waals surface area contributed by atoms with E-state index in [0.717, 1.165) is 16.3 Å². The van der Waals surface area contributed by atoms with Gasteiger partial charge in [0.2, 0.25) is 0 Å². The second-order valence-corrected chi connectivity index (χ2v) is 6.72. The molecule has 0 fully saturated rings. The Morgan fingerprint density at radius 3 is 2.56 bits per heavy atom. The molecule has 0 aliphatic heterocycles. The number of nitrogens with zero attached hydrogens (tertiary/aromatic N) is 2. The van der Waals surface area contributed by atoms with Crippen molar-refractivity contribution in [3.63, 3.8) is 0 Å². The van der Waals surface area contributed by atoms with Crippen molar-refractivity contribution in [1.29, 1.82) is 5.26 Å². The van der Waals surface area contributed by atoms with Crippen molar-refractivity contribution in [3.8, 4) is 11.8 Å². The van der Waals surface area contributed by atoms with E-state index in [4.69, 9.17) is 9.68 Å². The van der Waals surface area contributed by atoms with Crippen molar-refractivity contribution in [3.05, 3.63) is 95.4 Å². The van der Waals surface area contributed by atoms with Crippen LogP contribution >= 0.6 is 0 Å². The summed E-state index contributed by atoms with van der Waals surface area (Å²) in [6.07, 6.45) is 2.92. The Kier molecular flexibility index (Phi) is 5.64. The molecule has 2 amide bonds. The second kappa shape index (κ2) is 8.85. The van der Waals surface area contributed by atoms with Gasteiger partial charge in [0, 0.05) is 22.2 Å². The fraction of sp³-hybridized carbons (Fsp3) is 0. The number of nitriles is 1. The van der Waals surface area contributed by atoms with E-state index in [2.05, 4.69) is 15.8 Å². The largest absolute Gasteiger partial charge is 0.507 e. The van der Waals surface area contributed by atoms with Crippen molar-refractivity contribution >= 4 is 34.5 Å². The van der Waals surface area contributed by atoms with Gasteiger partial charge in [-0.05, 0) is 41.8 Å². The van der Waals surface area contributed by atoms with Crippen molar-refractivity contribution in [2.75, 3.05) is 5.32 Å². The lowest BCUT2D eigenvalue weighted by atomic mass is 10.0. The highest BCUT2D eigenvalue weighted by atomic mass is 16.3. The predicted molar refractivity (Wildman–Crippen MR) is 118 cm³/mol. The van der Waals surface area contributed by atoms with Gasteiger partial charge in [-0.2, -0.15) is 10.4 Å². The van der Waals surface area contributed by atoms with Gasteiger partial charge in [0.25, 0.3) is 11.8 Å². The lowest BCUT2D eigenvalue weighted by molar-refractivity contribution is 0.0953. The Hall–Kier alpha value is -4.90. The fourth-order valence-corrected chi connectivity index (χ4v) is 3.13. The number of fused-ring (bicyclic) bond motifs is 1. The van der Waals surface area contributed by atoms with Gasteiger partial charge in [-0.3, -0.25) is 9.59 Å². The Bertz CT molecular complexity index is 1390. The Balaban J connectivity index is 1.55. The molecule has 8 nitrogen and oxygen atoms in total. The number of rotatable bonds is 5. The minimum atomic E-state index is -0.524. The molecule has 0 spiro atoms.